The zero-order chi connectivity index (χ0) is 39.1. The van der Waals surface area contributed by atoms with Crippen molar-refractivity contribution in [3.05, 3.63) is 136 Å². The molecule has 1 aliphatic rings. The van der Waals surface area contributed by atoms with Crippen molar-refractivity contribution in [2.24, 2.45) is 0 Å². The Labute approximate surface area is 320 Å². The molecule has 286 valence electrons. The number of alkyl carbamates (subject to hydrolysis) is 2. The molecule has 2 atom stereocenters. The molecule has 12 nitrogen and oxygen atoms in total. The number of nitrogens with one attached hydrogen (secondary N) is 3. The van der Waals surface area contributed by atoms with Gasteiger partial charge in [-0.1, -0.05) is 84.0 Å². The third-order valence-corrected chi connectivity index (χ3v) is 9.45. The van der Waals surface area contributed by atoms with Crippen LogP contribution in [0.5, 0.6) is 5.75 Å². The number of fused-ring (bicyclic) bond motifs is 3. The summed E-state index contributed by atoms with van der Waals surface area (Å²) in [6.45, 7) is 9.15. The van der Waals surface area contributed by atoms with Crippen LogP contribution < -0.4 is 16.0 Å². The first-order chi connectivity index (χ1) is 26.3. The minimum Gasteiger partial charge on any atom is -0.508 e. The number of ether oxygens (including phenoxy) is 2. The lowest BCUT2D eigenvalue weighted by molar-refractivity contribution is -0.124. The first kappa shape index (κ1) is 38.6. The Kier molecular flexibility index (Phi) is 11.8. The van der Waals surface area contributed by atoms with Gasteiger partial charge in [0, 0.05) is 25.3 Å². The van der Waals surface area contributed by atoms with Gasteiger partial charge in [0.15, 0.2) is 5.82 Å². The van der Waals surface area contributed by atoms with E-state index < -0.39 is 35.8 Å². The first-order valence-corrected chi connectivity index (χ1v) is 18.4. The van der Waals surface area contributed by atoms with Crippen molar-refractivity contribution in [1.29, 1.82) is 0 Å². The summed E-state index contributed by atoms with van der Waals surface area (Å²) in [6, 6.07) is 27.0. The van der Waals surface area contributed by atoms with Crippen LogP contribution in [-0.2, 0) is 27.1 Å². The van der Waals surface area contributed by atoms with Crippen LogP contribution >= 0.6 is 0 Å². The van der Waals surface area contributed by atoms with E-state index in [0.717, 1.165) is 44.5 Å². The van der Waals surface area contributed by atoms with Gasteiger partial charge in [0.2, 0.25) is 11.8 Å². The Bertz CT molecular complexity index is 2070. The van der Waals surface area contributed by atoms with E-state index in [1.807, 2.05) is 80.6 Å². The molecule has 0 aliphatic heterocycles. The number of hydrogen-bond acceptors (Lipinski definition) is 9. The monoisotopic (exact) mass is 745 g/mol. The highest BCUT2D eigenvalue weighted by Crippen LogP contribution is 2.44. The topological polar surface area (TPSA) is 165 Å². The van der Waals surface area contributed by atoms with E-state index >= 15 is 0 Å². The minimum atomic E-state index is -1.11. The van der Waals surface area contributed by atoms with Crippen LogP contribution in [-0.4, -0.2) is 58.1 Å². The van der Waals surface area contributed by atoms with Gasteiger partial charge < -0.3 is 35.1 Å². The molecule has 0 saturated heterocycles. The molecular formula is C43H47N5O7. The number of amides is 3. The Hall–Kier alpha value is -6.17. The fourth-order valence-electron chi connectivity index (χ4n) is 6.91. The van der Waals surface area contributed by atoms with Crippen LogP contribution in [0.15, 0.2) is 95.5 Å². The lowest BCUT2D eigenvalue weighted by Gasteiger charge is -2.24. The number of nitrogens with zero attached hydrogens (tertiary/aromatic N) is 2. The second-order valence-electron chi connectivity index (χ2n) is 14.8. The number of aromatic nitrogens is 2. The second kappa shape index (κ2) is 16.9. The van der Waals surface area contributed by atoms with E-state index in [4.69, 9.17) is 14.0 Å². The number of benzene rings is 4. The largest absolute Gasteiger partial charge is 0.508 e. The number of phenolic OH excluding ortho intramolecular Hbond substituents is 1. The predicted octanol–water partition coefficient (Wildman–Crippen LogP) is 7.20. The SMILES string of the molecule is Cc1cc(O)cc(C)c1C[C@H](NC(=O)OCC1c2ccccc2-c2ccccc21)C(=O)N[C@@H](CCNC(=O)OC(C)(C)C)c1nc(Cc2ccccc2)no1. The molecule has 0 spiro atoms. The molecule has 1 heterocycles. The zero-order valence-corrected chi connectivity index (χ0v) is 31.7. The molecule has 0 saturated carbocycles. The lowest BCUT2D eigenvalue weighted by atomic mass is 9.95. The Morgan fingerprint density at radius 2 is 1.47 bits per heavy atom. The van der Waals surface area contributed by atoms with Gasteiger partial charge in [-0.15, -0.1) is 0 Å². The maximum atomic E-state index is 14.3. The van der Waals surface area contributed by atoms with E-state index in [2.05, 4.69) is 38.2 Å². The molecule has 6 rings (SSSR count). The number of hydrogen-bond donors (Lipinski definition) is 4. The van der Waals surface area contributed by atoms with Crippen LogP contribution in [0.25, 0.3) is 11.1 Å². The van der Waals surface area contributed by atoms with Gasteiger partial charge in [0.25, 0.3) is 0 Å². The Morgan fingerprint density at radius 3 is 2.11 bits per heavy atom. The summed E-state index contributed by atoms with van der Waals surface area (Å²) in [7, 11) is 0. The molecule has 0 fully saturated rings. The average molecular weight is 746 g/mol. The summed E-state index contributed by atoms with van der Waals surface area (Å²) >= 11 is 0. The summed E-state index contributed by atoms with van der Waals surface area (Å²) < 4.78 is 16.9. The summed E-state index contributed by atoms with van der Waals surface area (Å²) in [5.74, 6) is -0.0437. The quantitative estimate of drug-likeness (QED) is 0.0975. The third-order valence-electron chi connectivity index (χ3n) is 9.45. The number of carbonyl (C=O) groups excluding carboxylic acids is 3. The van der Waals surface area contributed by atoms with Gasteiger partial charge in [-0.2, -0.15) is 4.98 Å². The molecule has 0 unspecified atom stereocenters. The average Bonchev–Trinajstić information content (AvgIpc) is 3.73. The van der Waals surface area contributed by atoms with Gasteiger partial charge in [-0.3, -0.25) is 4.79 Å². The molecule has 4 N–H and O–H groups in total. The van der Waals surface area contributed by atoms with Crippen molar-refractivity contribution in [3.63, 3.8) is 0 Å². The van der Waals surface area contributed by atoms with E-state index in [1.165, 1.54) is 0 Å². The summed E-state index contributed by atoms with van der Waals surface area (Å²) in [5, 5.41) is 22.9. The number of aryl methyl sites for hydroxylation is 2. The maximum Gasteiger partial charge on any atom is 0.407 e. The van der Waals surface area contributed by atoms with Crippen LogP contribution in [0, 0.1) is 13.8 Å². The van der Waals surface area contributed by atoms with Gasteiger partial charge in [-0.05, 0) is 97.7 Å². The molecular weight excluding hydrogens is 699 g/mol. The zero-order valence-electron chi connectivity index (χ0n) is 31.7. The molecule has 1 aliphatic carbocycles. The predicted molar refractivity (Wildman–Crippen MR) is 207 cm³/mol. The Morgan fingerprint density at radius 1 is 0.855 bits per heavy atom. The molecule has 5 aromatic rings. The van der Waals surface area contributed by atoms with Crippen molar-refractivity contribution in [2.75, 3.05) is 13.2 Å². The van der Waals surface area contributed by atoms with E-state index in [-0.39, 0.29) is 43.6 Å². The fraction of sp³-hybridized carbons (Fsp3) is 0.326. The molecule has 0 radical (unpaired) electrons. The van der Waals surface area contributed by atoms with Gasteiger partial charge in [0.1, 0.15) is 30.0 Å². The van der Waals surface area contributed by atoms with Crippen molar-refractivity contribution in [2.45, 2.75) is 77.5 Å². The van der Waals surface area contributed by atoms with Crippen molar-refractivity contribution < 1.29 is 33.5 Å². The molecule has 12 heteroatoms. The number of carbonyl (C=O) groups is 3. The Balaban J connectivity index is 1.22. The first-order valence-electron chi connectivity index (χ1n) is 18.4. The summed E-state index contributed by atoms with van der Waals surface area (Å²) in [6.07, 6.45) is -0.692. The van der Waals surface area contributed by atoms with Crippen molar-refractivity contribution in [1.82, 2.24) is 26.1 Å². The molecule has 3 amide bonds. The summed E-state index contributed by atoms with van der Waals surface area (Å²) in [4.78, 5) is 44.9. The molecule has 1 aromatic heterocycles. The molecule has 55 heavy (non-hydrogen) atoms. The maximum absolute atomic E-state index is 14.3. The fourth-order valence-corrected chi connectivity index (χ4v) is 6.91. The summed E-state index contributed by atoms with van der Waals surface area (Å²) in [5.41, 5.74) is 6.90. The highest BCUT2D eigenvalue weighted by atomic mass is 16.6. The van der Waals surface area contributed by atoms with Gasteiger partial charge in [0.05, 0.1) is 0 Å². The standard InChI is InChI=1S/C43H47N5O7/c1-26-21-29(49)22-27(2)34(26)24-37(46-42(52)53-25-35-32-17-11-9-15-30(32)31-16-10-12-18-33(31)35)39(50)45-36(19-20-44-41(51)54-43(3,4)5)40-47-38(48-55-40)23-28-13-7-6-8-14-28/h6-18,21-22,35-37,49H,19-20,23-25H2,1-5H3,(H,44,51)(H,45,50)(H,46,52)/t36-,37-/m0/s1. The number of aromatic hydroxyl groups is 1. The second-order valence-corrected chi connectivity index (χ2v) is 14.8. The highest BCUT2D eigenvalue weighted by Gasteiger charge is 2.32. The van der Waals surface area contributed by atoms with Gasteiger partial charge in [-0.25, -0.2) is 9.59 Å². The van der Waals surface area contributed by atoms with Crippen LogP contribution in [0.3, 0.4) is 0 Å². The van der Waals surface area contributed by atoms with Crippen molar-refractivity contribution >= 4 is 18.1 Å². The number of rotatable bonds is 13. The van der Waals surface area contributed by atoms with Crippen LogP contribution in [0.4, 0.5) is 9.59 Å². The molecule has 4 aromatic carbocycles. The highest BCUT2D eigenvalue weighted by molar-refractivity contribution is 5.86. The van der Waals surface area contributed by atoms with Crippen LogP contribution in [0.1, 0.15) is 84.2 Å². The normalized spacial score (nSPS) is 13.3. The number of phenols is 1. The van der Waals surface area contributed by atoms with E-state index in [0.29, 0.717) is 12.2 Å². The van der Waals surface area contributed by atoms with Gasteiger partial charge >= 0.3 is 12.2 Å². The third kappa shape index (κ3) is 9.88. The van der Waals surface area contributed by atoms with E-state index in [1.54, 1.807) is 32.9 Å². The van der Waals surface area contributed by atoms with E-state index in [9.17, 15) is 19.5 Å². The minimum absolute atomic E-state index is 0.0661. The van der Waals surface area contributed by atoms with Crippen LogP contribution in [0.2, 0.25) is 0 Å². The lowest BCUT2D eigenvalue weighted by Crippen LogP contribution is -2.49. The van der Waals surface area contributed by atoms with Crippen molar-refractivity contribution in [3.8, 4) is 16.9 Å². The molecule has 0 bridgehead atoms. The smallest absolute Gasteiger partial charge is 0.407 e.